The third-order valence-electron chi connectivity index (χ3n) is 6.58. The summed E-state index contributed by atoms with van der Waals surface area (Å²) in [6.07, 6.45) is 8.91. The average Bonchev–Trinajstić information content (AvgIpc) is 3.21. The van der Waals surface area contributed by atoms with E-state index in [1.807, 2.05) is 24.3 Å². The van der Waals surface area contributed by atoms with Gasteiger partial charge in [-0.15, -0.1) is 0 Å². The average molecular weight is 435 g/mol. The van der Waals surface area contributed by atoms with Gasteiger partial charge in [0.2, 0.25) is 0 Å². The van der Waals surface area contributed by atoms with E-state index in [1.54, 1.807) is 12.1 Å². The lowest BCUT2D eigenvalue weighted by molar-refractivity contribution is 0.0915. The van der Waals surface area contributed by atoms with Crippen LogP contribution in [0, 0.1) is 11.7 Å². The SMILES string of the molecule is O[C@H](Cc1ccccc1)CN(Cc1cccn1Cc1cccc(F)c1)CC1CCCCC1. The highest BCUT2D eigenvalue weighted by molar-refractivity contribution is 5.19. The second-order valence-electron chi connectivity index (χ2n) is 9.30. The maximum absolute atomic E-state index is 13.6. The molecule has 0 unspecified atom stereocenters. The summed E-state index contributed by atoms with van der Waals surface area (Å²) >= 11 is 0. The normalized spacial score (nSPS) is 15.8. The largest absolute Gasteiger partial charge is 0.391 e. The molecule has 4 heteroatoms. The van der Waals surface area contributed by atoms with Gasteiger partial charge in [0.25, 0.3) is 0 Å². The predicted octanol–water partition coefficient (Wildman–Crippen LogP) is 5.66. The zero-order valence-corrected chi connectivity index (χ0v) is 18.9. The summed E-state index contributed by atoms with van der Waals surface area (Å²) in [6.45, 7) is 3.14. The fourth-order valence-electron chi connectivity index (χ4n) is 5.00. The fraction of sp³-hybridized carbons (Fsp3) is 0.429. The predicted molar refractivity (Wildman–Crippen MR) is 128 cm³/mol. The Kier molecular flexibility index (Phi) is 8.13. The van der Waals surface area contributed by atoms with E-state index in [9.17, 15) is 9.50 Å². The van der Waals surface area contributed by atoms with Crippen LogP contribution in [0.3, 0.4) is 0 Å². The Labute approximate surface area is 191 Å². The van der Waals surface area contributed by atoms with Gasteiger partial charge in [0, 0.05) is 38.1 Å². The molecule has 1 fully saturated rings. The van der Waals surface area contributed by atoms with Gasteiger partial charge in [-0.3, -0.25) is 4.90 Å². The van der Waals surface area contributed by atoms with Crippen LogP contribution in [-0.2, 0) is 19.5 Å². The number of aliphatic hydroxyl groups excluding tert-OH is 1. The molecule has 1 heterocycles. The first-order chi connectivity index (χ1) is 15.7. The van der Waals surface area contributed by atoms with Crippen LogP contribution >= 0.6 is 0 Å². The first-order valence-corrected chi connectivity index (χ1v) is 12.0. The zero-order valence-electron chi connectivity index (χ0n) is 18.9. The Morgan fingerprint density at radius 3 is 2.50 bits per heavy atom. The van der Waals surface area contributed by atoms with E-state index in [4.69, 9.17) is 0 Å². The number of nitrogens with zero attached hydrogens (tertiary/aromatic N) is 2. The first-order valence-electron chi connectivity index (χ1n) is 12.0. The molecule has 0 aliphatic heterocycles. The van der Waals surface area contributed by atoms with Crippen LogP contribution in [0.4, 0.5) is 4.39 Å². The van der Waals surface area contributed by atoms with Crippen molar-refractivity contribution in [1.82, 2.24) is 9.47 Å². The van der Waals surface area contributed by atoms with E-state index in [1.165, 1.54) is 49.4 Å². The lowest BCUT2D eigenvalue weighted by Gasteiger charge is -2.31. The molecule has 1 aliphatic carbocycles. The summed E-state index contributed by atoms with van der Waals surface area (Å²) in [4.78, 5) is 2.43. The molecule has 1 saturated carbocycles. The molecule has 4 rings (SSSR count). The van der Waals surface area contributed by atoms with Crippen LogP contribution in [0.15, 0.2) is 72.9 Å². The van der Waals surface area contributed by atoms with Crippen molar-refractivity contribution in [1.29, 1.82) is 0 Å². The van der Waals surface area contributed by atoms with Gasteiger partial charge in [0.15, 0.2) is 0 Å². The molecule has 0 saturated heterocycles. The summed E-state index contributed by atoms with van der Waals surface area (Å²) < 4.78 is 15.8. The van der Waals surface area contributed by atoms with Crippen molar-refractivity contribution in [3.05, 3.63) is 95.6 Å². The Hall–Kier alpha value is -2.43. The van der Waals surface area contributed by atoms with Crippen molar-refractivity contribution >= 4 is 0 Å². The van der Waals surface area contributed by atoms with Crippen molar-refractivity contribution in [2.24, 2.45) is 5.92 Å². The second kappa shape index (κ2) is 11.4. The number of benzene rings is 2. The molecule has 0 radical (unpaired) electrons. The van der Waals surface area contributed by atoms with Crippen molar-refractivity contribution in [2.75, 3.05) is 13.1 Å². The Balaban J connectivity index is 1.44. The van der Waals surface area contributed by atoms with Crippen molar-refractivity contribution in [2.45, 2.75) is 57.7 Å². The van der Waals surface area contributed by atoms with Gasteiger partial charge in [-0.1, -0.05) is 61.7 Å². The minimum Gasteiger partial charge on any atom is -0.391 e. The van der Waals surface area contributed by atoms with Gasteiger partial charge in [-0.25, -0.2) is 4.39 Å². The molecule has 0 amide bonds. The van der Waals surface area contributed by atoms with Gasteiger partial charge < -0.3 is 9.67 Å². The number of aliphatic hydroxyl groups is 1. The quantitative estimate of drug-likeness (QED) is 0.446. The summed E-state index contributed by atoms with van der Waals surface area (Å²) in [5.74, 6) is 0.512. The molecule has 1 aliphatic rings. The topological polar surface area (TPSA) is 28.4 Å². The molecule has 0 spiro atoms. The van der Waals surface area contributed by atoms with Gasteiger partial charge >= 0.3 is 0 Å². The molecule has 0 bridgehead atoms. The summed E-state index contributed by atoms with van der Waals surface area (Å²) in [7, 11) is 0. The maximum atomic E-state index is 13.6. The molecule has 1 atom stereocenters. The number of aromatic nitrogens is 1. The molecular formula is C28H35FN2O. The minimum absolute atomic E-state index is 0.195. The highest BCUT2D eigenvalue weighted by atomic mass is 19.1. The fourth-order valence-corrected chi connectivity index (χ4v) is 5.00. The highest BCUT2D eigenvalue weighted by Crippen LogP contribution is 2.25. The third kappa shape index (κ3) is 6.78. The first kappa shape index (κ1) is 22.8. The van der Waals surface area contributed by atoms with Crippen molar-refractivity contribution < 1.29 is 9.50 Å². The van der Waals surface area contributed by atoms with E-state index in [0.717, 1.165) is 18.7 Å². The summed E-state index contributed by atoms with van der Waals surface area (Å²) in [5, 5.41) is 10.9. The number of hydrogen-bond donors (Lipinski definition) is 1. The van der Waals surface area contributed by atoms with Gasteiger partial charge in [-0.2, -0.15) is 0 Å². The van der Waals surface area contributed by atoms with Gasteiger partial charge in [0.05, 0.1) is 6.10 Å². The van der Waals surface area contributed by atoms with Crippen LogP contribution < -0.4 is 0 Å². The Bertz CT molecular complexity index is 949. The third-order valence-corrected chi connectivity index (χ3v) is 6.58. The molecule has 32 heavy (non-hydrogen) atoms. The monoisotopic (exact) mass is 434 g/mol. The van der Waals surface area contributed by atoms with Crippen LogP contribution in [0.2, 0.25) is 0 Å². The summed E-state index contributed by atoms with van der Waals surface area (Å²) in [6, 6.07) is 21.3. The Morgan fingerprint density at radius 2 is 1.72 bits per heavy atom. The zero-order chi connectivity index (χ0) is 22.2. The van der Waals surface area contributed by atoms with Crippen LogP contribution in [0.1, 0.15) is 48.9 Å². The number of hydrogen-bond acceptors (Lipinski definition) is 2. The number of halogens is 1. The molecule has 3 nitrogen and oxygen atoms in total. The number of rotatable bonds is 10. The van der Waals surface area contributed by atoms with Gasteiger partial charge in [0.1, 0.15) is 5.82 Å². The highest BCUT2D eigenvalue weighted by Gasteiger charge is 2.21. The lowest BCUT2D eigenvalue weighted by atomic mass is 9.89. The van der Waals surface area contributed by atoms with E-state index >= 15 is 0 Å². The van der Waals surface area contributed by atoms with E-state index < -0.39 is 6.10 Å². The molecule has 1 aromatic heterocycles. The minimum atomic E-state index is -0.396. The Morgan fingerprint density at radius 1 is 0.938 bits per heavy atom. The summed E-state index contributed by atoms with van der Waals surface area (Å²) in [5.41, 5.74) is 3.34. The lowest BCUT2D eigenvalue weighted by Crippen LogP contribution is -2.37. The van der Waals surface area contributed by atoms with Crippen molar-refractivity contribution in [3.8, 4) is 0 Å². The maximum Gasteiger partial charge on any atom is 0.123 e. The molecule has 170 valence electrons. The van der Waals surface area contributed by atoms with Crippen molar-refractivity contribution in [3.63, 3.8) is 0 Å². The smallest absolute Gasteiger partial charge is 0.123 e. The van der Waals surface area contributed by atoms with Crippen LogP contribution in [0.25, 0.3) is 0 Å². The van der Waals surface area contributed by atoms with Crippen LogP contribution in [0.5, 0.6) is 0 Å². The molecular weight excluding hydrogens is 399 g/mol. The van der Waals surface area contributed by atoms with E-state index in [-0.39, 0.29) is 5.82 Å². The van der Waals surface area contributed by atoms with E-state index in [0.29, 0.717) is 25.4 Å². The second-order valence-corrected chi connectivity index (χ2v) is 9.30. The standard InChI is InChI=1S/C28H35FN2O/c29-26-14-7-13-25(17-26)20-31-16-8-15-27(31)21-30(19-24-11-5-2-6-12-24)22-28(32)18-23-9-3-1-4-10-23/h1,3-4,7-10,13-17,24,28,32H,2,5-6,11-12,18-22H2/t28-/m1/s1. The molecule has 1 N–H and O–H groups in total. The molecule has 2 aromatic carbocycles. The molecule has 3 aromatic rings. The van der Waals surface area contributed by atoms with Crippen LogP contribution in [-0.4, -0.2) is 33.8 Å². The van der Waals surface area contributed by atoms with Gasteiger partial charge in [-0.05, 0) is 60.6 Å². The van der Waals surface area contributed by atoms with E-state index in [2.05, 4.69) is 39.9 Å².